The number of carbonyl (C=O) groups excluding carboxylic acids is 1. The first kappa shape index (κ1) is 15.8. The highest BCUT2D eigenvalue weighted by Crippen LogP contribution is 2.27. The molecule has 1 aliphatic rings. The number of benzene rings is 2. The van der Waals surface area contributed by atoms with Crippen LogP contribution in [-0.4, -0.2) is 17.1 Å². The van der Waals surface area contributed by atoms with E-state index in [2.05, 4.69) is 0 Å². The van der Waals surface area contributed by atoms with E-state index in [4.69, 9.17) is 9.72 Å². The monoisotopic (exact) mass is 331 g/mol. The highest BCUT2D eigenvalue weighted by molar-refractivity contribution is 6.04. The van der Waals surface area contributed by atoms with Crippen molar-refractivity contribution in [2.24, 2.45) is 0 Å². The largest absolute Gasteiger partial charge is 0.459 e. The highest BCUT2D eigenvalue weighted by Gasteiger charge is 2.21. The first-order valence-corrected chi connectivity index (χ1v) is 8.97. The number of ether oxygens (including phenoxy) is 1. The van der Waals surface area contributed by atoms with Crippen LogP contribution >= 0.6 is 0 Å². The Labute approximate surface area is 147 Å². The molecule has 1 aliphatic carbocycles. The number of carbonyl (C=O) groups is 1. The second kappa shape index (κ2) is 7.06. The highest BCUT2D eigenvalue weighted by atomic mass is 16.5. The van der Waals surface area contributed by atoms with Gasteiger partial charge in [0.1, 0.15) is 6.10 Å². The van der Waals surface area contributed by atoms with E-state index in [1.807, 2.05) is 60.7 Å². The van der Waals surface area contributed by atoms with Gasteiger partial charge in [-0.15, -0.1) is 0 Å². The Hall–Kier alpha value is -2.68. The maximum absolute atomic E-state index is 12.9. The van der Waals surface area contributed by atoms with Crippen molar-refractivity contribution in [1.29, 1.82) is 0 Å². The third kappa shape index (κ3) is 3.41. The van der Waals surface area contributed by atoms with Crippen LogP contribution < -0.4 is 0 Å². The van der Waals surface area contributed by atoms with E-state index in [0.29, 0.717) is 5.56 Å². The fourth-order valence-corrected chi connectivity index (χ4v) is 3.50. The lowest BCUT2D eigenvalue weighted by Gasteiger charge is -2.22. The van der Waals surface area contributed by atoms with Gasteiger partial charge < -0.3 is 4.74 Å². The second-order valence-corrected chi connectivity index (χ2v) is 6.60. The van der Waals surface area contributed by atoms with Gasteiger partial charge in [-0.2, -0.15) is 0 Å². The summed E-state index contributed by atoms with van der Waals surface area (Å²) >= 11 is 0. The van der Waals surface area contributed by atoms with Crippen LogP contribution in [0.1, 0.15) is 42.5 Å². The number of pyridine rings is 1. The summed E-state index contributed by atoms with van der Waals surface area (Å²) in [5.41, 5.74) is 3.23. The van der Waals surface area contributed by atoms with Crippen molar-refractivity contribution in [3.8, 4) is 11.3 Å². The van der Waals surface area contributed by atoms with Gasteiger partial charge in [0.2, 0.25) is 0 Å². The molecule has 2 aromatic carbocycles. The number of aromatic nitrogens is 1. The molecule has 3 aromatic rings. The molecule has 0 radical (unpaired) electrons. The van der Waals surface area contributed by atoms with E-state index in [0.717, 1.165) is 47.8 Å². The minimum Gasteiger partial charge on any atom is -0.459 e. The van der Waals surface area contributed by atoms with Crippen molar-refractivity contribution in [3.05, 3.63) is 66.2 Å². The Balaban J connectivity index is 1.74. The second-order valence-electron chi connectivity index (χ2n) is 6.60. The fourth-order valence-electron chi connectivity index (χ4n) is 3.50. The quantitative estimate of drug-likeness (QED) is 0.604. The zero-order chi connectivity index (χ0) is 17.1. The molecule has 25 heavy (non-hydrogen) atoms. The molecule has 0 aliphatic heterocycles. The lowest BCUT2D eigenvalue weighted by molar-refractivity contribution is 0.0213. The van der Waals surface area contributed by atoms with Crippen LogP contribution in [0.5, 0.6) is 0 Å². The van der Waals surface area contributed by atoms with Crippen molar-refractivity contribution in [2.45, 2.75) is 38.2 Å². The molecule has 126 valence electrons. The summed E-state index contributed by atoms with van der Waals surface area (Å²) in [7, 11) is 0. The van der Waals surface area contributed by atoms with Crippen molar-refractivity contribution >= 4 is 16.9 Å². The van der Waals surface area contributed by atoms with Crippen LogP contribution in [0.4, 0.5) is 0 Å². The van der Waals surface area contributed by atoms with Gasteiger partial charge in [-0.3, -0.25) is 0 Å². The predicted octanol–water partition coefficient (Wildman–Crippen LogP) is 5.39. The van der Waals surface area contributed by atoms with Gasteiger partial charge in [0.25, 0.3) is 0 Å². The van der Waals surface area contributed by atoms with Gasteiger partial charge >= 0.3 is 5.97 Å². The van der Waals surface area contributed by atoms with Crippen LogP contribution in [0.3, 0.4) is 0 Å². The summed E-state index contributed by atoms with van der Waals surface area (Å²) in [6.45, 7) is 0. The van der Waals surface area contributed by atoms with Gasteiger partial charge in [0.05, 0.1) is 16.8 Å². The molecule has 1 heterocycles. The molecule has 3 nitrogen and oxygen atoms in total. The predicted molar refractivity (Wildman–Crippen MR) is 99.5 cm³/mol. The zero-order valence-electron chi connectivity index (χ0n) is 14.2. The molecule has 1 saturated carbocycles. The Bertz CT molecular complexity index is 883. The number of para-hydroxylation sites is 1. The van der Waals surface area contributed by atoms with E-state index in [1.54, 1.807) is 0 Å². The Kier molecular flexibility index (Phi) is 4.47. The number of rotatable bonds is 3. The SMILES string of the molecule is O=C(OC1CCCCC1)c1cc(-c2ccccc2)nc2ccccc12. The summed E-state index contributed by atoms with van der Waals surface area (Å²) in [5.74, 6) is -0.234. The molecule has 1 fully saturated rings. The Morgan fingerprint density at radius 1 is 0.920 bits per heavy atom. The van der Waals surface area contributed by atoms with Crippen molar-refractivity contribution in [3.63, 3.8) is 0 Å². The number of nitrogens with zero attached hydrogens (tertiary/aromatic N) is 1. The van der Waals surface area contributed by atoms with Crippen LogP contribution in [-0.2, 0) is 4.74 Å². The third-order valence-corrected chi connectivity index (χ3v) is 4.83. The average Bonchev–Trinajstić information content (AvgIpc) is 2.68. The van der Waals surface area contributed by atoms with Crippen molar-refractivity contribution < 1.29 is 9.53 Å². The Morgan fingerprint density at radius 3 is 2.44 bits per heavy atom. The van der Waals surface area contributed by atoms with Crippen LogP contribution in [0.25, 0.3) is 22.2 Å². The summed E-state index contributed by atoms with van der Waals surface area (Å²) in [4.78, 5) is 17.6. The van der Waals surface area contributed by atoms with Gasteiger partial charge in [-0.25, -0.2) is 9.78 Å². The standard InChI is InChI=1S/C22H21NO2/c24-22(25-17-11-5-2-6-12-17)19-15-21(16-9-3-1-4-10-16)23-20-14-8-7-13-18(19)20/h1,3-4,7-10,13-15,17H,2,5-6,11-12H2. The summed E-state index contributed by atoms with van der Waals surface area (Å²) < 4.78 is 5.81. The van der Waals surface area contributed by atoms with E-state index in [-0.39, 0.29) is 12.1 Å². The summed E-state index contributed by atoms with van der Waals surface area (Å²) in [6.07, 6.45) is 5.52. The van der Waals surface area contributed by atoms with Crippen molar-refractivity contribution in [2.75, 3.05) is 0 Å². The van der Waals surface area contributed by atoms with Crippen molar-refractivity contribution in [1.82, 2.24) is 4.98 Å². The smallest absolute Gasteiger partial charge is 0.339 e. The minimum absolute atomic E-state index is 0.0494. The van der Waals surface area contributed by atoms with E-state index in [9.17, 15) is 4.79 Å². The van der Waals surface area contributed by atoms with Gasteiger partial charge in [-0.1, -0.05) is 55.0 Å². The van der Waals surface area contributed by atoms with Crippen LogP contribution in [0.2, 0.25) is 0 Å². The zero-order valence-corrected chi connectivity index (χ0v) is 14.2. The van der Waals surface area contributed by atoms with Crippen LogP contribution in [0, 0.1) is 0 Å². The maximum Gasteiger partial charge on any atom is 0.339 e. The molecule has 0 N–H and O–H groups in total. The molecule has 4 rings (SSSR count). The molecule has 0 bridgehead atoms. The first-order chi connectivity index (χ1) is 12.3. The minimum atomic E-state index is -0.234. The number of hydrogen-bond donors (Lipinski definition) is 0. The fraction of sp³-hybridized carbons (Fsp3) is 0.273. The van der Waals surface area contributed by atoms with E-state index < -0.39 is 0 Å². The van der Waals surface area contributed by atoms with E-state index >= 15 is 0 Å². The molecule has 0 atom stereocenters. The molecular formula is C22H21NO2. The molecule has 0 spiro atoms. The maximum atomic E-state index is 12.9. The average molecular weight is 331 g/mol. The van der Waals surface area contributed by atoms with Gasteiger partial charge in [0.15, 0.2) is 0 Å². The molecule has 3 heteroatoms. The number of hydrogen-bond acceptors (Lipinski definition) is 3. The topological polar surface area (TPSA) is 39.2 Å². The number of fused-ring (bicyclic) bond motifs is 1. The molecule has 0 amide bonds. The Morgan fingerprint density at radius 2 is 1.64 bits per heavy atom. The first-order valence-electron chi connectivity index (χ1n) is 8.97. The number of esters is 1. The lowest BCUT2D eigenvalue weighted by atomic mass is 9.97. The van der Waals surface area contributed by atoms with Gasteiger partial charge in [-0.05, 0) is 37.8 Å². The summed E-state index contributed by atoms with van der Waals surface area (Å²) in [5, 5.41) is 0.850. The molecule has 1 aromatic heterocycles. The lowest BCUT2D eigenvalue weighted by Crippen LogP contribution is -2.21. The molecular weight excluding hydrogens is 310 g/mol. The van der Waals surface area contributed by atoms with Gasteiger partial charge in [0, 0.05) is 10.9 Å². The molecule has 0 unspecified atom stereocenters. The van der Waals surface area contributed by atoms with E-state index in [1.165, 1.54) is 6.42 Å². The normalized spacial score (nSPS) is 15.2. The third-order valence-electron chi connectivity index (χ3n) is 4.83. The summed E-state index contributed by atoms with van der Waals surface area (Å²) in [6, 6.07) is 19.6. The molecule has 0 saturated heterocycles. The van der Waals surface area contributed by atoms with Crippen LogP contribution in [0.15, 0.2) is 60.7 Å².